The molecule has 0 aliphatic heterocycles. The monoisotopic (exact) mass is 764 g/mol. The van der Waals surface area contributed by atoms with Crippen molar-refractivity contribution in [2.75, 3.05) is 0 Å². The smallest absolute Gasteiger partial charge is 0.0715 e. The largest absolute Gasteiger partial charge is 0.248 e. The molecular formula is C58H40N2. The number of hydrogen-bond acceptors (Lipinski definition) is 2. The molecular weight excluding hydrogens is 725 g/mol. The fourth-order valence-corrected chi connectivity index (χ4v) is 7.89. The Bertz CT molecular complexity index is 2830. The van der Waals surface area contributed by atoms with Crippen LogP contribution in [0.15, 0.2) is 243 Å². The van der Waals surface area contributed by atoms with Crippen molar-refractivity contribution in [3.63, 3.8) is 0 Å². The first kappa shape index (κ1) is 36.4. The van der Waals surface area contributed by atoms with Crippen molar-refractivity contribution in [1.29, 1.82) is 0 Å². The van der Waals surface area contributed by atoms with E-state index in [2.05, 4.69) is 243 Å². The number of aromatic nitrogens is 2. The topological polar surface area (TPSA) is 25.8 Å². The van der Waals surface area contributed by atoms with Crippen LogP contribution < -0.4 is 0 Å². The van der Waals surface area contributed by atoms with Gasteiger partial charge in [-0.2, -0.15) is 0 Å². The number of hydrogen-bond donors (Lipinski definition) is 0. The number of rotatable bonds is 9. The molecule has 0 aliphatic carbocycles. The Kier molecular flexibility index (Phi) is 10.0. The van der Waals surface area contributed by atoms with Gasteiger partial charge in [-0.25, -0.2) is 9.97 Å². The van der Waals surface area contributed by atoms with E-state index in [0.29, 0.717) is 0 Å². The minimum absolute atomic E-state index is 0.925. The molecule has 2 nitrogen and oxygen atoms in total. The molecule has 0 N–H and O–H groups in total. The molecule has 0 radical (unpaired) electrons. The molecule has 0 bridgehead atoms. The maximum atomic E-state index is 5.27. The van der Waals surface area contributed by atoms with Gasteiger partial charge < -0.3 is 0 Å². The molecule has 0 atom stereocenters. The maximum Gasteiger partial charge on any atom is 0.0715 e. The Morgan fingerprint density at radius 2 is 0.333 bits per heavy atom. The molecule has 0 unspecified atom stereocenters. The minimum Gasteiger partial charge on any atom is -0.248 e. The highest BCUT2D eigenvalue weighted by Crippen LogP contribution is 2.38. The highest BCUT2D eigenvalue weighted by Gasteiger charge is 2.15. The lowest BCUT2D eigenvalue weighted by Crippen LogP contribution is -1.94. The van der Waals surface area contributed by atoms with Crippen LogP contribution in [0, 0.1) is 0 Å². The number of nitrogens with zero attached hydrogens (tertiary/aromatic N) is 2. The van der Waals surface area contributed by atoms with Crippen LogP contribution in [0.1, 0.15) is 0 Å². The summed E-state index contributed by atoms with van der Waals surface area (Å²) < 4.78 is 0. The summed E-state index contributed by atoms with van der Waals surface area (Å²) in [6, 6.07) is 86.0. The summed E-state index contributed by atoms with van der Waals surface area (Å²) in [5.41, 5.74) is 19.4. The Morgan fingerprint density at radius 3 is 0.633 bits per heavy atom. The van der Waals surface area contributed by atoms with Gasteiger partial charge in [-0.05, 0) is 98.1 Å². The van der Waals surface area contributed by atoms with Crippen LogP contribution in [0.25, 0.3) is 101 Å². The molecule has 0 saturated heterocycles. The van der Waals surface area contributed by atoms with E-state index in [1.807, 2.05) is 0 Å². The van der Waals surface area contributed by atoms with Gasteiger partial charge in [-0.3, -0.25) is 0 Å². The quantitative estimate of drug-likeness (QED) is 0.146. The van der Waals surface area contributed by atoms with E-state index in [-0.39, 0.29) is 0 Å². The van der Waals surface area contributed by atoms with Gasteiger partial charge >= 0.3 is 0 Å². The van der Waals surface area contributed by atoms with Gasteiger partial charge in [-0.1, -0.05) is 200 Å². The van der Waals surface area contributed by atoms with Gasteiger partial charge in [0, 0.05) is 22.3 Å². The van der Waals surface area contributed by atoms with E-state index in [1.54, 1.807) is 0 Å². The third-order valence-corrected chi connectivity index (χ3v) is 11.1. The molecule has 10 aromatic rings. The third kappa shape index (κ3) is 7.83. The first-order valence-electron chi connectivity index (χ1n) is 20.4. The van der Waals surface area contributed by atoms with Crippen LogP contribution in [0.4, 0.5) is 0 Å². The average Bonchev–Trinajstić information content (AvgIpc) is 3.35. The lowest BCUT2D eigenvalue weighted by Gasteiger charge is -2.15. The lowest BCUT2D eigenvalue weighted by molar-refractivity contribution is 1.32. The maximum absolute atomic E-state index is 5.27. The predicted molar refractivity (Wildman–Crippen MR) is 251 cm³/mol. The molecule has 60 heavy (non-hydrogen) atoms. The summed E-state index contributed by atoms with van der Waals surface area (Å²) in [6.07, 6.45) is 0. The van der Waals surface area contributed by atoms with Crippen molar-refractivity contribution in [3.8, 4) is 101 Å². The third-order valence-electron chi connectivity index (χ3n) is 11.1. The Balaban J connectivity index is 1.14. The van der Waals surface area contributed by atoms with Gasteiger partial charge in [0.2, 0.25) is 0 Å². The van der Waals surface area contributed by atoms with Crippen molar-refractivity contribution in [2.45, 2.75) is 0 Å². The average molecular weight is 765 g/mol. The second kappa shape index (κ2) is 16.5. The van der Waals surface area contributed by atoms with Crippen LogP contribution in [0.5, 0.6) is 0 Å². The first-order valence-corrected chi connectivity index (χ1v) is 20.4. The molecule has 0 fully saturated rings. The van der Waals surface area contributed by atoms with Gasteiger partial charge in [0.1, 0.15) is 0 Å². The summed E-state index contributed by atoms with van der Waals surface area (Å²) in [4.78, 5) is 10.5. The van der Waals surface area contributed by atoms with Crippen LogP contribution >= 0.6 is 0 Å². The number of pyridine rings is 2. The van der Waals surface area contributed by atoms with Gasteiger partial charge in [-0.15, -0.1) is 0 Å². The van der Waals surface area contributed by atoms with Crippen molar-refractivity contribution < 1.29 is 0 Å². The zero-order valence-corrected chi connectivity index (χ0v) is 33.0. The summed E-state index contributed by atoms with van der Waals surface area (Å²) in [5, 5.41) is 0. The highest BCUT2D eigenvalue weighted by atomic mass is 14.7. The molecule has 282 valence electrons. The second-order valence-corrected chi connectivity index (χ2v) is 15.0. The van der Waals surface area contributed by atoms with E-state index in [0.717, 1.165) is 78.4 Å². The van der Waals surface area contributed by atoms with Crippen molar-refractivity contribution in [1.82, 2.24) is 9.97 Å². The second-order valence-electron chi connectivity index (χ2n) is 15.0. The zero-order chi connectivity index (χ0) is 40.1. The molecule has 2 aromatic heterocycles. The molecule has 10 rings (SSSR count). The molecule has 0 aliphatic rings. The van der Waals surface area contributed by atoms with Crippen LogP contribution in [0.3, 0.4) is 0 Å². The molecule has 2 heterocycles. The summed E-state index contributed by atoms with van der Waals surface area (Å²) in [7, 11) is 0. The molecule has 0 saturated carbocycles. The van der Waals surface area contributed by atoms with E-state index >= 15 is 0 Å². The first-order chi connectivity index (χ1) is 29.7. The predicted octanol–water partition coefficient (Wildman–Crippen LogP) is 15.5. The van der Waals surface area contributed by atoms with Gasteiger partial charge in [0.25, 0.3) is 0 Å². The Labute approximate surface area is 351 Å². The molecule has 0 amide bonds. The lowest BCUT2D eigenvalue weighted by atomic mass is 9.91. The fraction of sp³-hybridized carbons (Fsp3) is 0. The van der Waals surface area contributed by atoms with Crippen LogP contribution in [-0.4, -0.2) is 9.97 Å². The summed E-state index contributed by atoms with van der Waals surface area (Å²) >= 11 is 0. The van der Waals surface area contributed by atoms with Crippen LogP contribution in [0.2, 0.25) is 0 Å². The van der Waals surface area contributed by atoms with Crippen LogP contribution in [-0.2, 0) is 0 Å². The highest BCUT2D eigenvalue weighted by molar-refractivity contribution is 5.86. The summed E-state index contributed by atoms with van der Waals surface area (Å²) in [6.45, 7) is 0. The van der Waals surface area contributed by atoms with E-state index in [1.165, 1.54) is 22.3 Å². The Hall–Kier alpha value is -7.94. The summed E-state index contributed by atoms with van der Waals surface area (Å²) in [5.74, 6) is 0. The molecule has 0 spiro atoms. The van der Waals surface area contributed by atoms with Crippen molar-refractivity contribution in [2.24, 2.45) is 0 Å². The SMILES string of the molecule is c1ccc(-c2ccc(-c3cc(-c4cc(-c5ccccc5)cc(-c5cc(-c6ccccc6)nc(-c6ccc(-c7ccccc7)cc6)c5)c4)cc(-c4ccccc4)n3)cc2)cc1. The van der Waals surface area contributed by atoms with Crippen molar-refractivity contribution >= 4 is 0 Å². The fourth-order valence-electron chi connectivity index (χ4n) is 7.89. The Morgan fingerprint density at radius 1 is 0.150 bits per heavy atom. The van der Waals surface area contributed by atoms with E-state index in [9.17, 15) is 0 Å². The van der Waals surface area contributed by atoms with Gasteiger partial charge in [0.05, 0.1) is 22.8 Å². The van der Waals surface area contributed by atoms with E-state index in [4.69, 9.17) is 9.97 Å². The van der Waals surface area contributed by atoms with Gasteiger partial charge in [0.15, 0.2) is 0 Å². The molecule has 8 aromatic carbocycles. The standard InChI is InChI=1S/C58H40N2/c1-6-16-41(17-7-1)44-26-30-48(31-27-44)57-39-53(37-55(59-57)46-22-12-4-13-23-46)51-34-50(43-20-10-3-11-21-43)35-52(36-51)54-38-56(47-24-14-5-15-25-47)60-58(40-54)49-32-28-45(29-33-49)42-18-8-2-9-19-42/h1-40H. The van der Waals surface area contributed by atoms with E-state index < -0.39 is 0 Å². The zero-order valence-electron chi connectivity index (χ0n) is 33.0. The number of benzene rings is 8. The molecule has 2 heteroatoms. The minimum atomic E-state index is 0.925. The normalized spacial score (nSPS) is 11.0. The van der Waals surface area contributed by atoms with Crippen molar-refractivity contribution in [3.05, 3.63) is 243 Å².